The fourth-order valence-corrected chi connectivity index (χ4v) is 5.30. The van der Waals surface area contributed by atoms with E-state index in [-0.39, 0.29) is 29.8 Å². The van der Waals surface area contributed by atoms with Crippen LogP contribution in [0.3, 0.4) is 0 Å². The summed E-state index contributed by atoms with van der Waals surface area (Å²) in [7, 11) is -4.29. The van der Waals surface area contributed by atoms with Crippen molar-refractivity contribution < 1.29 is 27.1 Å². The minimum absolute atomic E-state index is 0.0281. The Hall–Kier alpha value is -2.21. The van der Waals surface area contributed by atoms with E-state index in [1.807, 2.05) is 0 Å². The van der Waals surface area contributed by atoms with Crippen LogP contribution >= 0.6 is 0 Å². The number of rotatable bonds is 4. The summed E-state index contributed by atoms with van der Waals surface area (Å²) in [5.74, 6) is -0.174. The second-order valence-corrected chi connectivity index (χ2v) is 10.3. The molecule has 3 heterocycles. The van der Waals surface area contributed by atoms with Gasteiger partial charge in [-0.1, -0.05) is 0 Å². The van der Waals surface area contributed by atoms with Crippen LogP contribution in [0.2, 0.25) is 0 Å². The molecule has 4 fully saturated rings. The number of urea groups is 1. The zero-order valence-corrected chi connectivity index (χ0v) is 17.2. The van der Waals surface area contributed by atoms with E-state index in [9.17, 15) is 22.8 Å². The Morgan fingerprint density at radius 1 is 1.21 bits per heavy atom. The van der Waals surface area contributed by atoms with Gasteiger partial charge in [0.05, 0.1) is 6.04 Å². The third-order valence-electron chi connectivity index (χ3n) is 6.38. The average molecular weight is 427 g/mol. The summed E-state index contributed by atoms with van der Waals surface area (Å²) in [6, 6.07) is -1.76. The Morgan fingerprint density at radius 3 is 2.45 bits per heavy atom. The van der Waals surface area contributed by atoms with Crippen LogP contribution in [0, 0.1) is 10.8 Å². The van der Waals surface area contributed by atoms with Gasteiger partial charge in [0, 0.05) is 38.0 Å². The molecule has 29 heavy (non-hydrogen) atoms. The Labute approximate surface area is 168 Å². The molecule has 4 aliphatic rings. The van der Waals surface area contributed by atoms with Gasteiger partial charge in [-0.3, -0.25) is 15.0 Å². The Balaban J connectivity index is 1.32. The SMILES string of the molecule is CC(=N)S(=O)(=O)ON1C(=O)N2C[C@H]1CC[C@H]2C(=O)NC1CC2(C1)CN(C(C)=O)C2. The molecular formula is C17H25N5O6S. The summed E-state index contributed by atoms with van der Waals surface area (Å²) in [5.41, 5.74) is 0.119. The van der Waals surface area contributed by atoms with Gasteiger partial charge in [-0.2, -0.15) is 13.5 Å². The van der Waals surface area contributed by atoms with Crippen molar-refractivity contribution in [3.63, 3.8) is 0 Å². The molecule has 1 saturated carbocycles. The summed E-state index contributed by atoms with van der Waals surface area (Å²) in [6.07, 6.45) is 2.49. The van der Waals surface area contributed by atoms with Crippen LogP contribution in [0.5, 0.6) is 0 Å². The summed E-state index contributed by atoms with van der Waals surface area (Å²) in [6.45, 7) is 4.30. The predicted octanol–water partition coefficient (Wildman–Crippen LogP) is -0.359. The lowest BCUT2D eigenvalue weighted by molar-refractivity contribution is -0.151. The first-order valence-electron chi connectivity index (χ1n) is 9.67. The van der Waals surface area contributed by atoms with Crippen LogP contribution < -0.4 is 5.32 Å². The van der Waals surface area contributed by atoms with Crippen molar-refractivity contribution in [2.75, 3.05) is 19.6 Å². The molecule has 0 aromatic heterocycles. The van der Waals surface area contributed by atoms with Crippen LogP contribution in [0.15, 0.2) is 0 Å². The van der Waals surface area contributed by atoms with E-state index in [2.05, 4.69) is 5.32 Å². The van der Waals surface area contributed by atoms with Crippen LogP contribution in [0.1, 0.15) is 39.5 Å². The fourth-order valence-electron chi connectivity index (χ4n) is 4.79. The van der Waals surface area contributed by atoms with Gasteiger partial charge in [0.2, 0.25) is 11.8 Å². The zero-order chi connectivity index (χ0) is 21.1. The first kappa shape index (κ1) is 20.1. The molecule has 160 valence electrons. The van der Waals surface area contributed by atoms with Gasteiger partial charge in [0.15, 0.2) is 0 Å². The van der Waals surface area contributed by atoms with Crippen molar-refractivity contribution in [3.05, 3.63) is 0 Å². The summed E-state index contributed by atoms with van der Waals surface area (Å²) in [4.78, 5) is 39.8. The Morgan fingerprint density at radius 2 is 1.86 bits per heavy atom. The van der Waals surface area contributed by atoms with Crippen LogP contribution in [-0.4, -0.2) is 83.9 Å². The smallest absolute Gasteiger partial charge is 0.346 e. The van der Waals surface area contributed by atoms with Crippen LogP contribution in [0.4, 0.5) is 4.79 Å². The molecule has 4 rings (SSSR count). The molecule has 1 spiro atoms. The van der Waals surface area contributed by atoms with E-state index >= 15 is 0 Å². The summed E-state index contributed by atoms with van der Waals surface area (Å²) in [5, 5.41) is 10.4. The molecular weight excluding hydrogens is 402 g/mol. The van der Waals surface area contributed by atoms with Crippen LogP contribution in [-0.2, 0) is 24.0 Å². The number of nitrogens with one attached hydrogen (secondary N) is 2. The van der Waals surface area contributed by atoms with Crippen molar-refractivity contribution >= 4 is 33.0 Å². The second-order valence-electron chi connectivity index (χ2n) is 8.58. The summed E-state index contributed by atoms with van der Waals surface area (Å²) < 4.78 is 28.5. The largest absolute Gasteiger partial charge is 0.352 e. The van der Waals surface area contributed by atoms with Crippen molar-refractivity contribution in [1.82, 2.24) is 20.2 Å². The molecule has 4 amide bonds. The summed E-state index contributed by atoms with van der Waals surface area (Å²) >= 11 is 0. The highest BCUT2D eigenvalue weighted by Gasteiger charge is 2.55. The average Bonchev–Trinajstić information content (AvgIpc) is 2.79. The van der Waals surface area contributed by atoms with Crippen molar-refractivity contribution in [2.45, 2.75) is 57.7 Å². The normalized spacial score (nSPS) is 28.2. The molecule has 12 heteroatoms. The van der Waals surface area contributed by atoms with Gasteiger partial charge < -0.3 is 15.1 Å². The number of hydroxylamine groups is 2. The highest BCUT2D eigenvalue weighted by Crippen LogP contribution is 2.48. The van der Waals surface area contributed by atoms with Gasteiger partial charge in [0.1, 0.15) is 11.1 Å². The number of hydrogen-bond donors (Lipinski definition) is 2. The molecule has 2 bridgehead atoms. The Kier molecular flexibility index (Phi) is 4.61. The number of fused-ring (bicyclic) bond motifs is 2. The molecule has 1 aliphatic carbocycles. The Bertz CT molecular complexity index is 875. The minimum atomic E-state index is -4.29. The molecule has 2 atom stereocenters. The van der Waals surface area contributed by atoms with Crippen molar-refractivity contribution in [3.8, 4) is 0 Å². The maximum absolute atomic E-state index is 12.7. The third-order valence-corrected chi connectivity index (χ3v) is 7.49. The maximum atomic E-state index is 12.7. The standard InChI is InChI=1S/C17H25N5O6S/c1-10(18)29(26,27)28-22-13-3-4-14(21(7-13)16(22)25)15(24)19-12-5-17(6-12)8-20(9-17)11(2)23/h12-14,18H,3-9H2,1-2H3,(H,19,24)/t13-,14+/m1/s1. The first-order chi connectivity index (χ1) is 13.5. The van der Waals surface area contributed by atoms with E-state index in [0.29, 0.717) is 12.8 Å². The van der Waals surface area contributed by atoms with Gasteiger partial charge in [-0.15, -0.1) is 4.28 Å². The van der Waals surface area contributed by atoms with Gasteiger partial charge >= 0.3 is 16.1 Å². The van der Waals surface area contributed by atoms with E-state index in [1.54, 1.807) is 11.8 Å². The van der Waals surface area contributed by atoms with E-state index in [0.717, 1.165) is 37.9 Å². The molecule has 11 nitrogen and oxygen atoms in total. The molecule has 0 unspecified atom stereocenters. The number of carbonyl (C=O) groups is 3. The topological polar surface area (TPSA) is 140 Å². The lowest BCUT2D eigenvalue weighted by Crippen LogP contribution is -2.68. The maximum Gasteiger partial charge on any atom is 0.346 e. The highest BCUT2D eigenvalue weighted by atomic mass is 32.2. The van der Waals surface area contributed by atoms with E-state index in [4.69, 9.17) is 9.69 Å². The van der Waals surface area contributed by atoms with Gasteiger partial charge in [-0.25, -0.2) is 4.79 Å². The van der Waals surface area contributed by atoms with Crippen molar-refractivity contribution in [1.29, 1.82) is 5.41 Å². The highest BCUT2D eigenvalue weighted by molar-refractivity contribution is 8.02. The number of nitrogens with zero attached hydrogens (tertiary/aromatic N) is 3. The number of hydrogen-bond acceptors (Lipinski definition) is 7. The number of carbonyl (C=O) groups excluding carboxylic acids is 3. The number of likely N-dealkylation sites (tertiary alicyclic amines) is 1. The molecule has 3 saturated heterocycles. The van der Waals surface area contributed by atoms with Crippen molar-refractivity contribution in [2.24, 2.45) is 5.41 Å². The number of amides is 4. The lowest BCUT2D eigenvalue weighted by atomic mass is 9.60. The zero-order valence-electron chi connectivity index (χ0n) is 16.4. The molecule has 0 radical (unpaired) electrons. The second kappa shape index (κ2) is 6.66. The predicted molar refractivity (Wildman–Crippen MR) is 100 cm³/mol. The first-order valence-corrected chi connectivity index (χ1v) is 11.1. The van der Waals surface area contributed by atoms with Gasteiger partial charge in [0.25, 0.3) is 0 Å². The molecule has 0 aromatic carbocycles. The quantitative estimate of drug-likeness (QED) is 0.464. The minimum Gasteiger partial charge on any atom is -0.352 e. The number of piperidine rings is 1. The fraction of sp³-hybridized carbons (Fsp3) is 0.765. The van der Waals surface area contributed by atoms with E-state index in [1.165, 1.54) is 4.90 Å². The van der Waals surface area contributed by atoms with Crippen LogP contribution in [0.25, 0.3) is 0 Å². The van der Waals surface area contributed by atoms with Gasteiger partial charge in [-0.05, 0) is 32.6 Å². The molecule has 0 aromatic rings. The third kappa shape index (κ3) is 3.37. The van der Waals surface area contributed by atoms with E-state index < -0.39 is 33.3 Å². The lowest BCUT2D eigenvalue weighted by Gasteiger charge is -2.59. The molecule has 3 aliphatic heterocycles. The monoisotopic (exact) mass is 427 g/mol. The molecule has 2 N–H and O–H groups in total.